The third-order valence-corrected chi connectivity index (χ3v) is 3.04. The van der Waals surface area contributed by atoms with Crippen molar-refractivity contribution in [2.75, 3.05) is 11.9 Å². The first-order valence-corrected chi connectivity index (χ1v) is 7.94. The summed E-state index contributed by atoms with van der Waals surface area (Å²) < 4.78 is 5.58. The molecule has 0 aromatic heterocycles. The SMILES string of the molecule is CCNC(=O)CCCC(=O)Nc1cc(C(=O)O)ccc1OC(C)C. The number of anilines is 1. The van der Waals surface area contributed by atoms with E-state index in [1.807, 2.05) is 20.8 Å². The number of rotatable bonds is 9. The minimum atomic E-state index is -1.09. The minimum absolute atomic E-state index is 0.0590. The van der Waals surface area contributed by atoms with Crippen LogP contribution in [0.25, 0.3) is 0 Å². The Kier molecular flexibility index (Phi) is 7.74. The molecule has 3 N–H and O–H groups in total. The molecule has 0 atom stereocenters. The average Bonchev–Trinajstić information content (AvgIpc) is 2.48. The maximum atomic E-state index is 12.0. The zero-order valence-electron chi connectivity index (χ0n) is 14.2. The Labute approximate surface area is 141 Å². The summed E-state index contributed by atoms with van der Waals surface area (Å²) in [5, 5.41) is 14.4. The number of benzene rings is 1. The van der Waals surface area contributed by atoms with Gasteiger partial charge in [0.2, 0.25) is 11.8 Å². The smallest absolute Gasteiger partial charge is 0.335 e. The molecular formula is C17H24N2O5. The van der Waals surface area contributed by atoms with Gasteiger partial charge in [0.1, 0.15) is 5.75 Å². The zero-order valence-corrected chi connectivity index (χ0v) is 14.2. The number of carbonyl (C=O) groups excluding carboxylic acids is 2. The number of carboxylic acids is 1. The third-order valence-electron chi connectivity index (χ3n) is 3.04. The first kappa shape index (κ1) is 19.5. The lowest BCUT2D eigenvalue weighted by molar-refractivity contribution is -0.121. The van der Waals surface area contributed by atoms with Crippen molar-refractivity contribution in [2.24, 2.45) is 0 Å². The summed E-state index contributed by atoms with van der Waals surface area (Å²) in [5.41, 5.74) is 0.371. The van der Waals surface area contributed by atoms with Gasteiger partial charge >= 0.3 is 5.97 Å². The highest BCUT2D eigenvalue weighted by molar-refractivity contribution is 5.95. The van der Waals surface area contributed by atoms with Gasteiger partial charge in [0.15, 0.2) is 0 Å². The van der Waals surface area contributed by atoms with E-state index in [9.17, 15) is 14.4 Å². The molecule has 0 heterocycles. The average molecular weight is 336 g/mol. The molecule has 24 heavy (non-hydrogen) atoms. The highest BCUT2D eigenvalue weighted by Gasteiger charge is 2.13. The molecule has 7 heteroatoms. The highest BCUT2D eigenvalue weighted by atomic mass is 16.5. The van der Waals surface area contributed by atoms with Crippen LogP contribution in [0.1, 0.15) is 50.4 Å². The van der Waals surface area contributed by atoms with Crippen molar-refractivity contribution in [3.8, 4) is 5.75 Å². The van der Waals surface area contributed by atoms with Crippen LogP contribution in [0.3, 0.4) is 0 Å². The molecular weight excluding hydrogens is 312 g/mol. The fraction of sp³-hybridized carbons (Fsp3) is 0.471. The zero-order chi connectivity index (χ0) is 18.1. The standard InChI is InChI=1S/C17H24N2O5/c1-4-18-15(20)6-5-7-16(21)19-13-10-12(17(22)23)8-9-14(13)24-11(2)3/h8-11H,4-7H2,1-3H3,(H,18,20)(H,19,21)(H,22,23). The Balaban J connectivity index is 2.72. The second kappa shape index (κ2) is 9.54. The van der Waals surface area contributed by atoms with Gasteiger partial charge in [0.25, 0.3) is 0 Å². The number of nitrogens with one attached hydrogen (secondary N) is 2. The van der Waals surface area contributed by atoms with E-state index in [1.165, 1.54) is 18.2 Å². The maximum Gasteiger partial charge on any atom is 0.335 e. The molecule has 0 fully saturated rings. The molecule has 0 unspecified atom stereocenters. The molecule has 0 spiro atoms. The van der Waals surface area contributed by atoms with E-state index in [2.05, 4.69) is 10.6 Å². The number of hydrogen-bond acceptors (Lipinski definition) is 4. The van der Waals surface area contributed by atoms with Crippen molar-refractivity contribution in [1.82, 2.24) is 5.32 Å². The maximum absolute atomic E-state index is 12.0. The van der Waals surface area contributed by atoms with Crippen LogP contribution >= 0.6 is 0 Å². The summed E-state index contributed by atoms with van der Waals surface area (Å²) in [6.45, 7) is 6.06. The summed E-state index contributed by atoms with van der Waals surface area (Å²) in [5.74, 6) is -1.07. The van der Waals surface area contributed by atoms with E-state index >= 15 is 0 Å². The Morgan fingerprint density at radius 1 is 1.17 bits per heavy atom. The summed E-state index contributed by atoms with van der Waals surface area (Å²) in [4.78, 5) is 34.5. The molecule has 0 aliphatic carbocycles. The van der Waals surface area contributed by atoms with Crippen molar-refractivity contribution >= 4 is 23.5 Å². The summed E-state index contributed by atoms with van der Waals surface area (Å²) in [7, 11) is 0. The number of carboxylic acid groups (broad SMARTS) is 1. The van der Waals surface area contributed by atoms with Gasteiger partial charge in [-0.1, -0.05) is 0 Å². The molecule has 1 aromatic rings. The fourth-order valence-electron chi connectivity index (χ4n) is 2.03. The molecule has 0 radical (unpaired) electrons. The molecule has 0 aliphatic heterocycles. The lowest BCUT2D eigenvalue weighted by Crippen LogP contribution is -2.22. The summed E-state index contributed by atoms with van der Waals surface area (Å²) in [6.07, 6.45) is 0.729. The third kappa shape index (κ3) is 6.68. The lowest BCUT2D eigenvalue weighted by Gasteiger charge is -2.15. The predicted molar refractivity (Wildman–Crippen MR) is 90.3 cm³/mol. The van der Waals surface area contributed by atoms with Crippen LogP contribution in [0.5, 0.6) is 5.75 Å². The van der Waals surface area contributed by atoms with E-state index in [-0.39, 0.29) is 36.3 Å². The van der Waals surface area contributed by atoms with Gasteiger partial charge in [0.05, 0.1) is 17.4 Å². The summed E-state index contributed by atoms with van der Waals surface area (Å²) >= 11 is 0. The van der Waals surface area contributed by atoms with Crippen LogP contribution in [0, 0.1) is 0 Å². The van der Waals surface area contributed by atoms with Crippen molar-refractivity contribution in [2.45, 2.75) is 46.1 Å². The largest absolute Gasteiger partial charge is 0.489 e. The first-order chi connectivity index (χ1) is 11.3. The molecule has 7 nitrogen and oxygen atoms in total. The second-order valence-electron chi connectivity index (χ2n) is 5.54. The molecule has 0 bridgehead atoms. The Hall–Kier alpha value is -2.57. The van der Waals surface area contributed by atoms with Gasteiger partial charge in [-0.3, -0.25) is 9.59 Å². The number of carbonyl (C=O) groups is 3. The van der Waals surface area contributed by atoms with E-state index < -0.39 is 5.97 Å². The molecule has 0 aliphatic rings. The lowest BCUT2D eigenvalue weighted by atomic mass is 10.1. The van der Waals surface area contributed by atoms with Crippen LogP contribution in [0.15, 0.2) is 18.2 Å². The van der Waals surface area contributed by atoms with E-state index in [0.717, 1.165) is 0 Å². The predicted octanol–water partition coefficient (Wildman–Crippen LogP) is 2.42. The van der Waals surface area contributed by atoms with Crippen LogP contribution in [0.2, 0.25) is 0 Å². The van der Waals surface area contributed by atoms with Gasteiger partial charge in [-0.25, -0.2) is 4.79 Å². The number of aromatic carboxylic acids is 1. The second-order valence-corrected chi connectivity index (χ2v) is 5.54. The van der Waals surface area contributed by atoms with E-state index in [1.54, 1.807) is 0 Å². The van der Waals surface area contributed by atoms with Crippen molar-refractivity contribution < 1.29 is 24.2 Å². The van der Waals surface area contributed by atoms with E-state index in [4.69, 9.17) is 9.84 Å². The topological polar surface area (TPSA) is 105 Å². The number of ether oxygens (including phenoxy) is 1. The normalized spacial score (nSPS) is 10.3. The van der Waals surface area contributed by atoms with Crippen LogP contribution in [0.4, 0.5) is 5.69 Å². The van der Waals surface area contributed by atoms with Crippen molar-refractivity contribution in [1.29, 1.82) is 0 Å². The first-order valence-electron chi connectivity index (χ1n) is 7.94. The van der Waals surface area contributed by atoms with E-state index in [0.29, 0.717) is 24.4 Å². The van der Waals surface area contributed by atoms with Gasteiger partial charge < -0.3 is 20.5 Å². The van der Waals surface area contributed by atoms with Crippen LogP contribution < -0.4 is 15.4 Å². The van der Waals surface area contributed by atoms with Crippen LogP contribution in [-0.4, -0.2) is 35.5 Å². The molecule has 1 rings (SSSR count). The number of hydrogen-bond donors (Lipinski definition) is 3. The Morgan fingerprint density at radius 3 is 2.42 bits per heavy atom. The van der Waals surface area contributed by atoms with Gasteiger partial charge in [-0.15, -0.1) is 0 Å². The fourth-order valence-corrected chi connectivity index (χ4v) is 2.03. The molecule has 0 saturated heterocycles. The van der Waals surface area contributed by atoms with Gasteiger partial charge in [-0.2, -0.15) is 0 Å². The Morgan fingerprint density at radius 2 is 1.83 bits per heavy atom. The molecule has 132 valence electrons. The number of amides is 2. The molecule has 1 aromatic carbocycles. The quantitative estimate of drug-likeness (QED) is 0.642. The van der Waals surface area contributed by atoms with Crippen LogP contribution in [-0.2, 0) is 9.59 Å². The molecule has 0 saturated carbocycles. The minimum Gasteiger partial charge on any atom is -0.489 e. The monoisotopic (exact) mass is 336 g/mol. The highest BCUT2D eigenvalue weighted by Crippen LogP contribution is 2.27. The van der Waals surface area contributed by atoms with Gasteiger partial charge in [0, 0.05) is 19.4 Å². The van der Waals surface area contributed by atoms with Gasteiger partial charge in [-0.05, 0) is 45.4 Å². The van der Waals surface area contributed by atoms with Crippen molar-refractivity contribution in [3.05, 3.63) is 23.8 Å². The Bertz CT molecular complexity index is 599. The van der Waals surface area contributed by atoms with Crippen molar-refractivity contribution in [3.63, 3.8) is 0 Å². The summed E-state index contributed by atoms with van der Waals surface area (Å²) in [6, 6.07) is 4.31. The molecule has 2 amide bonds.